The van der Waals surface area contributed by atoms with Gasteiger partial charge in [-0.05, 0) is 12.8 Å². The molecule has 46 valence electrons. The predicted octanol–water partition coefficient (Wildman–Crippen LogP) is -0.158. The zero-order chi connectivity index (χ0) is 6.15. The third-order valence-corrected chi connectivity index (χ3v) is 1.56. The van der Waals surface area contributed by atoms with Gasteiger partial charge in [0.1, 0.15) is 0 Å². The first-order valence-electron chi connectivity index (χ1n) is 2.62. The van der Waals surface area contributed by atoms with Crippen molar-refractivity contribution < 1.29 is 15.0 Å². The van der Waals surface area contributed by atoms with Crippen molar-refractivity contribution in [2.75, 3.05) is 0 Å². The summed E-state index contributed by atoms with van der Waals surface area (Å²) in [7, 11) is 0. The lowest BCUT2D eigenvalue weighted by Gasteiger charge is -2.27. The molecular weight excluding hydrogens is 108 g/mol. The fourth-order valence-corrected chi connectivity index (χ4v) is 0.770. The Labute approximate surface area is 46.9 Å². The van der Waals surface area contributed by atoms with Crippen LogP contribution < -0.4 is 0 Å². The number of hydrogen-bond acceptors (Lipinski definition) is 2. The number of carboxylic acid groups (broad SMARTS) is 1. The van der Waals surface area contributed by atoms with Gasteiger partial charge in [0, 0.05) is 0 Å². The molecule has 3 heteroatoms. The monoisotopic (exact) mass is 116 g/mol. The molecule has 1 rings (SSSR count). The van der Waals surface area contributed by atoms with Crippen molar-refractivity contribution >= 4 is 5.97 Å². The third-order valence-electron chi connectivity index (χ3n) is 1.56. The second-order valence-corrected chi connectivity index (χ2v) is 2.09. The van der Waals surface area contributed by atoms with Crippen LogP contribution in [0, 0.1) is 5.92 Å². The fraction of sp³-hybridized carbons (Fsp3) is 0.800. The molecule has 0 aliphatic heterocycles. The van der Waals surface area contributed by atoms with Crippen LogP contribution in [0.1, 0.15) is 12.8 Å². The molecule has 1 aliphatic carbocycles. The standard InChI is InChI=1S/C5H8O3/c6-4-2-1-3(4)5(7)8/h3-4,6H,1-2H2,(H,7,8). The van der Waals surface area contributed by atoms with Gasteiger partial charge in [-0.15, -0.1) is 0 Å². The molecule has 3 nitrogen and oxygen atoms in total. The summed E-state index contributed by atoms with van der Waals surface area (Å²) in [5.41, 5.74) is 0. The van der Waals surface area contributed by atoms with Gasteiger partial charge >= 0.3 is 5.97 Å². The summed E-state index contributed by atoms with van der Waals surface area (Å²) in [6, 6.07) is 0. The summed E-state index contributed by atoms with van der Waals surface area (Å²) in [4.78, 5) is 10.0. The largest absolute Gasteiger partial charge is 0.481 e. The molecule has 2 unspecified atom stereocenters. The van der Waals surface area contributed by atoms with E-state index in [-0.39, 0.29) is 0 Å². The van der Waals surface area contributed by atoms with E-state index in [0.717, 1.165) is 0 Å². The highest BCUT2D eigenvalue weighted by molar-refractivity contribution is 5.71. The van der Waals surface area contributed by atoms with Gasteiger partial charge < -0.3 is 10.2 Å². The van der Waals surface area contributed by atoms with Gasteiger partial charge in [0.15, 0.2) is 0 Å². The van der Waals surface area contributed by atoms with Gasteiger partial charge in [-0.25, -0.2) is 0 Å². The summed E-state index contributed by atoms with van der Waals surface area (Å²) in [5.74, 6) is -1.35. The smallest absolute Gasteiger partial charge is 0.309 e. The molecule has 0 heterocycles. The average Bonchev–Trinajstić information content (AvgIpc) is 1.61. The number of rotatable bonds is 1. The maximum Gasteiger partial charge on any atom is 0.309 e. The molecule has 0 aromatic rings. The number of aliphatic hydroxyl groups is 1. The molecule has 0 spiro atoms. The Kier molecular flexibility index (Phi) is 1.21. The Hall–Kier alpha value is -0.570. The molecule has 1 saturated carbocycles. The van der Waals surface area contributed by atoms with Gasteiger partial charge in [-0.1, -0.05) is 0 Å². The van der Waals surface area contributed by atoms with Crippen molar-refractivity contribution in [2.24, 2.45) is 5.92 Å². The number of carbonyl (C=O) groups is 1. The Balaban J connectivity index is 2.37. The second-order valence-electron chi connectivity index (χ2n) is 2.09. The van der Waals surface area contributed by atoms with Crippen LogP contribution in [0.5, 0.6) is 0 Å². The van der Waals surface area contributed by atoms with Gasteiger partial charge in [0.05, 0.1) is 12.0 Å². The van der Waals surface area contributed by atoms with E-state index in [9.17, 15) is 4.79 Å². The maximum absolute atomic E-state index is 10.0. The number of aliphatic carboxylic acids is 1. The summed E-state index contributed by atoms with van der Waals surface area (Å²) in [6.07, 6.45) is 0.709. The average molecular weight is 116 g/mol. The van der Waals surface area contributed by atoms with E-state index in [0.29, 0.717) is 12.8 Å². The Bertz CT molecular complexity index is 110. The van der Waals surface area contributed by atoms with Crippen molar-refractivity contribution in [1.29, 1.82) is 0 Å². The lowest BCUT2D eigenvalue weighted by molar-refractivity contribution is -0.151. The zero-order valence-corrected chi connectivity index (χ0v) is 4.37. The minimum atomic E-state index is -0.872. The van der Waals surface area contributed by atoms with Gasteiger partial charge in [0.25, 0.3) is 0 Å². The minimum absolute atomic E-state index is 0.477. The molecule has 0 radical (unpaired) electrons. The van der Waals surface area contributed by atoms with E-state index < -0.39 is 18.0 Å². The highest BCUT2D eigenvalue weighted by Gasteiger charge is 2.34. The highest BCUT2D eigenvalue weighted by atomic mass is 16.4. The minimum Gasteiger partial charge on any atom is -0.481 e. The molecule has 1 fully saturated rings. The molecule has 0 saturated heterocycles. The van der Waals surface area contributed by atoms with E-state index >= 15 is 0 Å². The second kappa shape index (κ2) is 1.74. The first kappa shape index (κ1) is 5.56. The quantitative estimate of drug-likeness (QED) is 0.500. The van der Waals surface area contributed by atoms with Gasteiger partial charge in [-0.3, -0.25) is 4.79 Å². The number of hydrogen-bond donors (Lipinski definition) is 2. The van der Waals surface area contributed by atoms with Crippen LogP contribution >= 0.6 is 0 Å². The van der Waals surface area contributed by atoms with E-state index in [1.165, 1.54) is 0 Å². The molecule has 0 bridgehead atoms. The predicted molar refractivity (Wildman–Crippen MR) is 26.4 cm³/mol. The Morgan fingerprint density at radius 3 is 2.12 bits per heavy atom. The molecule has 2 atom stereocenters. The van der Waals surface area contributed by atoms with Crippen LogP contribution in [0.3, 0.4) is 0 Å². The van der Waals surface area contributed by atoms with E-state index in [2.05, 4.69) is 0 Å². The maximum atomic E-state index is 10.0. The lowest BCUT2D eigenvalue weighted by atomic mass is 9.82. The van der Waals surface area contributed by atoms with Gasteiger partial charge in [0.2, 0.25) is 0 Å². The van der Waals surface area contributed by atoms with Crippen molar-refractivity contribution in [3.05, 3.63) is 0 Å². The number of carboxylic acids is 1. The first-order chi connectivity index (χ1) is 3.72. The van der Waals surface area contributed by atoms with Crippen molar-refractivity contribution in [3.8, 4) is 0 Å². The molecular formula is C5H8O3. The third kappa shape index (κ3) is 0.690. The number of aliphatic hydroxyl groups excluding tert-OH is 1. The highest BCUT2D eigenvalue weighted by Crippen LogP contribution is 2.26. The van der Waals surface area contributed by atoms with Crippen LogP contribution in [0.25, 0.3) is 0 Å². The van der Waals surface area contributed by atoms with Crippen LogP contribution in [-0.2, 0) is 4.79 Å². The van der Waals surface area contributed by atoms with E-state index in [4.69, 9.17) is 10.2 Å². The van der Waals surface area contributed by atoms with Crippen molar-refractivity contribution in [1.82, 2.24) is 0 Å². The Morgan fingerprint density at radius 1 is 1.50 bits per heavy atom. The van der Waals surface area contributed by atoms with Crippen molar-refractivity contribution in [3.63, 3.8) is 0 Å². The lowest BCUT2D eigenvalue weighted by Crippen LogP contribution is -2.37. The summed E-state index contributed by atoms with van der Waals surface area (Å²) < 4.78 is 0. The molecule has 0 aromatic carbocycles. The summed E-state index contributed by atoms with van der Waals surface area (Å²) >= 11 is 0. The van der Waals surface area contributed by atoms with E-state index in [1.54, 1.807) is 0 Å². The summed E-state index contributed by atoms with van der Waals surface area (Å²) in [5, 5.41) is 16.9. The van der Waals surface area contributed by atoms with Crippen LogP contribution in [0.2, 0.25) is 0 Å². The van der Waals surface area contributed by atoms with Crippen LogP contribution in [0.4, 0.5) is 0 Å². The zero-order valence-electron chi connectivity index (χ0n) is 4.37. The molecule has 8 heavy (non-hydrogen) atoms. The Morgan fingerprint density at radius 2 is 2.12 bits per heavy atom. The van der Waals surface area contributed by atoms with E-state index in [1.807, 2.05) is 0 Å². The van der Waals surface area contributed by atoms with Crippen molar-refractivity contribution in [2.45, 2.75) is 18.9 Å². The first-order valence-corrected chi connectivity index (χ1v) is 2.62. The molecule has 0 aromatic heterocycles. The fourth-order valence-electron chi connectivity index (χ4n) is 0.770. The molecule has 1 aliphatic rings. The molecule has 2 N–H and O–H groups in total. The normalized spacial score (nSPS) is 36.1. The molecule has 0 amide bonds. The summed E-state index contributed by atoms with van der Waals surface area (Å²) in [6.45, 7) is 0. The van der Waals surface area contributed by atoms with Crippen LogP contribution in [0.15, 0.2) is 0 Å². The SMILES string of the molecule is O=C(O)C1CCC1O. The topological polar surface area (TPSA) is 57.5 Å². The van der Waals surface area contributed by atoms with Crippen LogP contribution in [-0.4, -0.2) is 22.3 Å². The van der Waals surface area contributed by atoms with Gasteiger partial charge in [-0.2, -0.15) is 0 Å².